The first-order chi connectivity index (χ1) is 17.8. The minimum atomic E-state index is -4.38. The Morgan fingerprint density at radius 1 is 1.11 bits per heavy atom. The zero-order valence-electron chi connectivity index (χ0n) is 20.9. The van der Waals surface area contributed by atoms with Crippen LogP contribution >= 0.6 is 35.6 Å². The third-order valence-electron chi connectivity index (χ3n) is 6.71. The van der Waals surface area contributed by atoms with Gasteiger partial charge in [-0.15, -0.1) is 0 Å². The van der Waals surface area contributed by atoms with Crippen LogP contribution in [0.4, 0.5) is 18.9 Å². The molecule has 6 nitrogen and oxygen atoms in total. The minimum absolute atomic E-state index is 0.260. The Hall–Kier alpha value is -2.34. The van der Waals surface area contributed by atoms with Crippen LogP contribution in [0.2, 0.25) is 5.02 Å². The number of rotatable bonds is 6. The number of nitrogens with one attached hydrogen (secondary N) is 1. The Balaban J connectivity index is 1.34. The van der Waals surface area contributed by atoms with Crippen LogP contribution in [0.3, 0.4) is 0 Å². The number of carbonyl (C=O) groups excluding carboxylic acids is 2. The van der Waals surface area contributed by atoms with Gasteiger partial charge < -0.3 is 10.2 Å². The second kappa shape index (κ2) is 11.4. The summed E-state index contributed by atoms with van der Waals surface area (Å²) in [6.07, 6.45) is -4.38. The van der Waals surface area contributed by atoms with Crippen LogP contribution < -0.4 is 10.2 Å². The maximum absolute atomic E-state index is 13.5. The molecule has 2 heterocycles. The zero-order valence-corrected chi connectivity index (χ0v) is 23.3. The summed E-state index contributed by atoms with van der Waals surface area (Å²) in [7, 11) is 0. The number of hydrogen-bond donors (Lipinski definition) is 1. The molecule has 1 unspecified atom stereocenters. The maximum Gasteiger partial charge on any atom is 0.416 e. The van der Waals surface area contributed by atoms with Crippen LogP contribution in [-0.4, -0.2) is 76.0 Å². The molecule has 0 aliphatic carbocycles. The highest BCUT2D eigenvalue weighted by Gasteiger charge is 2.46. The van der Waals surface area contributed by atoms with Crippen LogP contribution in [-0.2, 0) is 11.0 Å². The van der Waals surface area contributed by atoms with Crippen molar-refractivity contribution in [2.24, 2.45) is 0 Å². The van der Waals surface area contributed by atoms with E-state index in [9.17, 15) is 22.8 Å². The average molecular weight is 585 g/mol. The molecule has 2 saturated heterocycles. The molecule has 0 radical (unpaired) electrons. The first-order valence-corrected chi connectivity index (χ1v) is 13.7. The molecule has 0 saturated carbocycles. The zero-order chi connectivity index (χ0) is 27.7. The van der Waals surface area contributed by atoms with Gasteiger partial charge in [0, 0.05) is 60.3 Å². The van der Waals surface area contributed by atoms with Gasteiger partial charge in [0.1, 0.15) is 10.4 Å². The molecule has 204 valence electrons. The molecule has 38 heavy (non-hydrogen) atoms. The number of halogens is 4. The molecule has 4 rings (SSSR count). The molecule has 0 spiro atoms. The van der Waals surface area contributed by atoms with E-state index in [0.29, 0.717) is 59.9 Å². The van der Waals surface area contributed by atoms with Crippen molar-refractivity contribution in [3.63, 3.8) is 0 Å². The van der Waals surface area contributed by atoms with Crippen molar-refractivity contribution in [1.29, 1.82) is 0 Å². The number of hydrogen-bond acceptors (Lipinski definition) is 6. The number of anilines is 1. The Morgan fingerprint density at radius 3 is 2.39 bits per heavy atom. The molecular formula is C26H28ClF3N4O2S2. The van der Waals surface area contributed by atoms with E-state index in [-0.39, 0.29) is 11.8 Å². The number of alkyl halides is 3. The number of thioether (sulfide) groups is 1. The van der Waals surface area contributed by atoms with Gasteiger partial charge in [-0.25, -0.2) is 0 Å². The summed E-state index contributed by atoms with van der Waals surface area (Å²) in [6, 6.07) is 11.0. The topological polar surface area (TPSA) is 55.9 Å². The van der Waals surface area contributed by atoms with E-state index in [1.807, 2.05) is 18.7 Å². The maximum atomic E-state index is 13.5. The fourth-order valence-corrected chi connectivity index (χ4v) is 6.46. The van der Waals surface area contributed by atoms with E-state index in [1.54, 1.807) is 30.3 Å². The highest BCUT2D eigenvalue weighted by atomic mass is 35.5. The largest absolute Gasteiger partial charge is 0.416 e. The number of carbonyl (C=O) groups is 2. The minimum Gasteiger partial charge on any atom is -0.369 e. The van der Waals surface area contributed by atoms with Crippen LogP contribution in [0, 0.1) is 0 Å². The lowest BCUT2D eigenvalue weighted by Crippen LogP contribution is -2.63. The first-order valence-electron chi connectivity index (χ1n) is 12.1. The highest BCUT2D eigenvalue weighted by molar-refractivity contribution is 8.24. The van der Waals surface area contributed by atoms with Gasteiger partial charge in [-0.05, 0) is 56.3 Å². The van der Waals surface area contributed by atoms with Crippen molar-refractivity contribution in [3.05, 3.63) is 64.7 Å². The molecule has 2 fully saturated rings. The van der Waals surface area contributed by atoms with E-state index < -0.39 is 22.5 Å². The lowest BCUT2D eigenvalue weighted by Gasteiger charge is -2.43. The summed E-state index contributed by atoms with van der Waals surface area (Å²) in [5.41, 5.74) is 0.291. The molecule has 1 atom stereocenters. The first kappa shape index (κ1) is 28.7. The van der Waals surface area contributed by atoms with Gasteiger partial charge in [-0.3, -0.25) is 19.4 Å². The molecule has 0 bridgehead atoms. The standard InChI is InChI=1S/C26H28ClF3N4O2S2/c1-25(2)21(31-22(35)17-6-8-19(27)9-7-17)23(36)34(24(37)38-25)15-12-32-10-13-33(14-11-32)20-5-3-4-18(16-20)26(28,29)30/h3-9,16,21H,10-15H2,1-2H3,(H,31,35). The molecule has 0 aromatic heterocycles. The van der Waals surface area contributed by atoms with Crippen molar-refractivity contribution < 1.29 is 22.8 Å². The fourth-order valence-electron chi connectivity index (χ4n) is 4.48. The van der Waals surface area contributed by atoms with E-state index in [1.165, 1.54) is 28.8 Å². The lowest BCUT2D eigenvalue weighted by molar-refractivity contribution is -0.137. The second-order valence-electron chi connectivity index (χ2n) is 9.75. The van der Waals surface area contributed by atoms with E-state index in [4.69, 9.17) is 23.8 Å². The summed E-state index contributed by atoms with van der Waals surface area (Å²) in [5.74, 6) is -0.629. The van der Waals surface area contributed by atoms with Crippen molar-refractivity contribution in [2.45, 2.75) is 30.8 Å². The summed E-state index contributed by atoms with van der Waals surface area (Å²) < 4.78 is 39.1. The highest BCUT2D eigenvalue weighted by Crippen LogP contribution is 2.37. The van der Waals surface area contributed by atoms with Crippen LogP contribution in [0.5, 0.6) is 0 Å². The summed E-state index contributed by atoms with van der Waals surface area (Å²) in [5, 5.41) is 3.38. The molecule has 12 heteroatoms. The predicted octanol–water partition coefficient (Wildman–Crippen LogP) is 4.92. The van der Waals surface area contributed by atoms with Crippen molar-refractivity contribution >= 4 is 57.4 Å². The summed E-state index contributed by atoms with van der Waals surface area (Å²) in [4.78, 5) is 31.9. The number of nitrogens with zero attached hydrogens (tertiary/aromatic N) is 3. The Morgan fingerprint density at radius 2 is 1.76 bits per heavy atom. The van der Waals surface area contributed by atoms with Gasteiger partial charge >= 0.3 is 6.18 Å². The Labute approximate surface area is 234 Å². The van der Waals surface area contributed by atoms with Gasteiger partial charge in [-0.1, -0.05) is 41.6 Å². The predicted molar refractivity (Wildman–Crippen MR) is 149 cm³/mol. The molecular weight excluding hydrogens is 557 g/mol. The number of benzene rings is 2. The van der Waals surface area contributed by atoms with Gasteiger partial charge in [0.25, 0.3) is 11.8 Å². The second-order valence-corrected chi connectivity index (χ2v) is 12.5. The molecule has 1 N–H and O–H groups in total. The van der Waals surface area contributed by atoms with Crippen molar-refractivity contribution in [1.82, 2.24) is 15.1 Å². The summed E-state index contributed by atoms with van der Waals surface area (Å²) >= 11 is 12.8. The molecule has 2 amide bonds. The number of amides is 2. The molecule has 2 aromatic carbocycles. The average Bonchev–Trinajstić information content (AvgIpc) is 2.86. The van der Waals surface area contributed by atoms with Crippen LogP contribution in [0.25, 0.3) is 0 Å². The Bertz CT molecular complexity index is 1200. The van der Waals surface area contributed by atoms with E-state index >= 15 is 0 Å². The molecule has 2 aliphatic rings. The van der Waals surface area contributed by atoms with Gasteiger partial charge in [0.15, 0.2) is 0 Å². The quantitative estimate of drug-likeness (QED) is 0.487. The third kappa shape index (κ3) is 6.62. The SMILES string of the molecule is CC1(C)SC(=S)N(CCN2CCN(c3cccc(C(F)(F)F)c3)CC2)C(=O)C1NC(=O)c1ccc(Cl)cc1. The third-order valence-corrected chi connectivity index (χ3v) is 8.59. The molecule has 2 aromatic rings. The fraction of sp³-hybridized carbons (Fsp3) is 0.423. The van der Waals surface area contributed by atoms with E-state index in [0.717, 1.165) is 6.07 Å². The van der Waals surface area contributed by atoms with Gasteiger partial charge in [0.05, 0.1) is 5.56 Å². The molecule has 2 aliphatic heterocycles. The lowest BCUT2D eigenvalue weighted by atomic mass is 10.0. The van der Waals surface area contributed by atoms with Crippen LogP contribution in [0.1, 0.15) is 29.8 Å². The normalized spacial score (nSPS) is 20.5. The number of piperazine rings is 1. The Kier molecular flexibility index (Phi) is 8.61. The van der Waals surface area contributed by atoms with Crippen molar-refractivity contribution in [2.75, 3.05) is 44.2 Å². The summed E-state index contributed by atoms with van der Waals surface area (Å²) in [6.45, 7) is 7.08. The van der Waals surface area contributed by atoms with Crippen molar-refractivity contribution in [3.8, 4) is 0 Å². The number of thiocarbonyl (C=S) groups is 1. The van der Waals surface area contributed by atoms with Crippen LogP contribution in [0.15, 0.2) is 48.5 Å². The van der Waals surface area contributed by atoms with Gasteiger partial charge in [0.2, 0.25) is 0 Å². The van der Waals surface area contributed by atoms with Gasteiger partial charge in [-0.2, -0.15) is 13.2 Å². The monoisotopic (exact) mass is 584 g/mol. The van der Waals surface area contributed by atoms with E-state index in [2.05, 4.69) is 10.2 Å². The smallest absolute Gasteiger partial charge is 0.369 e.